The van der Waals surface area contributed by atoms with E-state index < -0.39 is 5.97 Å². The van der Waals surface area contributed by atoms with E-state index in [-0.39, 0.29) is 17.9 Å². The third-order valence-electron chi connectivity index (χ3n) is 4.72. The smallest absolute Gasteiger partial charge is 0.335 e. The molecule has 4 nitrogen and oxygen atoms in total. The van der Waals surface area contributed by atoms with Gasteiger partial charge in [-0.15, -0.1) is 0 Å². The number of carboxylic acids is 1. The molecule has 1 saturated carbocycles. The predicted molar refractivity (Wildman–Crippen MR) is 85.9 cm³/mol. The molecule has 0 heterocycles. The number of aromatic carboxylic acids is 1. The van der Waals surface area contributed by atoms with Crippen molar-refractivity contribution in [3.63, 3.8) is 0 Å². The zero-order valence-electron chi connectivity index (χ0n) is 13.4. The first kappa shape index (κ1) is 16.5. The highest BCUT2D eigenvalue weighted by Crippen LogP contribution is 2.28. The van der Waals surface area contributed by atoms with Gasteiger partial charge in [-0.2, -0.15) is 0 Å². The number of rotatable bonds is 5. The van der Waals surface area contributed by atoms with Gasteiger partial charge in [0.1, 0.15) is 0 Å². The molecule has 0 aromatic heterocycles. The Balaban J connectivity index is 2.14. The van der Waals surface area contributed by atoms with Crippen LogP contribution in [0.2, 0.25) is 0 Å². The molecule has 1 aliphatic rings. The molecule has 1 amide bonds. The summed E-state index contributed by atoms with van der Waals surface area (Å²) in [6.07, 6.45) is 4.80. The van der Waals surface area contributed by atoms with Gasteiger partial charge in [0.25, 0.3) is 0 Å². The van der Waals surface area contributed by atoms with Crippen molar-refractivity contribution < 1.29 is 14.7 Å². The van der Waals surface area contributed by atoms with E-state index in [1.807, 2.05) is 11.8 Å². The van der Waals surface area contributed by atoms with E-state index in [1.54, 1.807) is 24.3 Å². The second-order valence-corrected chi connectivity index (χ2v) is 6.15. The van der Waals surface area contributed by atoms with Gasteiger partial charge in [0, 0.05) is 12.6 Å². The SMILES string of the molecule is CCN(C(=O)Cc1ccccc1C(=O)O)C1CCCCC1C. The number of likely N-dealkylation sites (N-methyl/N-ethyl adjacent to an activating group) is 1. The number of carboxylic acid groups (broad SMARTS) is 1. The minimum atomic E-state index is -0.975. The van der Waals surface area contributed by atoms with Gasteiger partial charge < -0.3 is 10.0 Å². The highest BCUT2D eigenvalue weighted by atomic mass is 16.4. The third-order valence-corrected chi connectivity index (χ3v) is 4.72. The fraction of sp³-hybridized carbons (Fsp3) is 0.556. The molecule has 4 heteroatoms. The van der Waals surface area contributed by atoms with Crippen molar-refractivity contribution in [1.82, 2.24) is 4.90 Å². The first-order chi connectivity index (χ1) is 10.5. The molecule has 0 radical (unpaired) electrons. The van der Waals surface area contributed by atoms with E-state index in [9.17, 15) is 14.7 Å². The summed E-state index contributed by atoms with van der Waals surface area (Å²) in [4.78, 5) is 25.9. The molecule has 120 valence electrons. The van der Waals surface area contributed by atoms with Crippen LogP contribution in [0.4, 0.5) is 0 Å². The molecule has 22 heavy (non-hydrogen) atoms. The molecular weight excluding hydrogens is 278 g/mol. The lowest BCUT2D eigenvalue weighted by molar-refractivity contribution is -0.134. The summed E-state index contributed by atoms with van der Waals surface area (Å²) in [6, 6.07) is 7.07. The molecule has 1 fully saturated rings. The molecule has 1 aromatic carbocycles. The Morgan fingerprint density at radius 2 is 1.91 bits per heavy atom. The molecule has 1 aromatic rings. The highest BCUT2D eigenvalue weighted by molar-refractivity contribution is 5.91. The Bertz CT molecular complexity index is 541. The number of carbonyl (C=O) groups excluding carboxylic acids is 1. The molecule has 1 aliphatic carbocycles. The van der Waals surface area contributed by atoms with Crippen LogP contribution < -0.4 is 0 Å². The van der Waals surface area contributed by atoms with Crippen LogP contribution in [0.1, 0.15) is 55.5 Å². The minimum Gasteiger partial charge on any atom is -0.478 e. The lowest BCUT2D eigenvalue weighted by Gasteiger charge is -2.38. The topological polar surface area (TPSA) is 57.6 Å². The Labute approximate surface area is 132 Å². The summed E-state index contributed by atoms with van der Waals surface area (Å²) >= 11 is 0. The van der Waals surface area contributed by atoms with Crippen molar-refractivity contribution in [3.05, 3.63) is 35.4 Å². The van der Waals surface area contributed by atoms with E-state index in [4.69, 9.17) is 0 Å². The summed E-state index contributed by atoms with van der Waals surface area (Å²) in [5.41, 5.74) is 0.825. The van der Waals surface area contributed by atoms with Crippen LogP contribution in [0.5, 0.6) is 0 Å². The minimum absolute atomic E-state index is 0.0370. The quantitative estimate of drug-likeness (QED) is 0.907. The fourth-order valence-electron chi connectivity index (χ4n) is 3.50. The van der Waals surface area contributed by atoms with Crippen LogP contribution in [-0.4, -0.2) is 34.5 Å². The second kappa shape index (κ2) is 7.43. The molecule has 2 unspecified atom stereocenters. The van der Waals surface area contributed by atoms with Crippen molar-refractivity contribution in [2.24, 2.45) is 5.92 Å². The number of nitrogens with zero attached hydrogens (tertiary/aromatic N) is 1. The predicted octanol–water partition coefficient (Wildman–Crippen LogP) is 3.35. The van der Waals surface area contributed by atoms with Crippen molar-refractivity contribution in [2.45, 2.75) is 52.0 Å². The summed E-state index contributed by atoms with van der Waals surface area (Å²) < 4.78 is 0. The molecule has 0 saturated heterocycles. The van der Waals surface area contributed by atoms with Crippen molar-refractivity contribution in [3.8, 4) is 0 Å². The monoisotopic (exact) mass is 303 g/mol. The second-order valence-electron chi connectivity index (χ2n) is 6.15. The van der Waals surface area contributed by atoms with Gasteiger partial charge in [0.15, 0.2) is 0 Å². The standard InChI is InChI=1S/C18H25NO3/c1-3-19(16-11-7-4-8-13(16)2)17(20)12-14-9-5-6-10-15(14)18(21)22/h5-6,9-10,13,16H,3-4,7-8,11-12H2,1-2H3,(H,21,22). The molecule has 0 bridgehead atoms. The molecule has 2 atom stereocenters. The number of benzene rings is 1. The van der Waals surface area contributed by atoms with Crippen LogP contribution in [0.25, 0.3) is 0 Å². The van der Waals surface area contributed by atoms with Crippen LogP contribution in [0, 0.1) is 5.92 Å². The maximum absolute atomic E-state index is 12.7. The van der Waals surface area contributed by atoms with Gasteiger partial charge in [-0.1, -0.05) is 38.0 Å². The van der Waals surface area contributed by atoms with Gasteiger partial charge in [-0.3, -0.25) is 4.79 Å². The van der Waals surface area contributed by atoms with Crippen molar-refractivity contribution >= 4 is 11.9 Å². The highest BCUT2D eigenvalue weighted by Gasteiger charge is 2.29. The zero-order chi connectivity index (χ0) is 16.1. The number of hydrogen-bond acceptors (Lipinski definition) is 2. The van der Waals surface area contributed by atoms with Crippen molar-refractivity contribution in [1.29, 1.82) is 0 Å². The van der Waals surface area contributed by atoms with Crippen LogP contribution >= 0.6 is 0 Å². The van der Waals surface area contributed by atoms with Gasteiger partial charge in [-0.05, 0) is 37.3 Å². The number of amides is 1. The van der Waals surface area contributed by atoms with Gasteiger partial charge in [0.2, 0.25) is 5.91 Å². The molecule has 2 rings (SSSR count). The van der Waals surface area contributed by atoms with Gasteiger partial charge in [0.05, 0.1) is 12.0 Å². The Morgan fingerprint density at radius 1 is 1.23 bits per heavy atom. The van der Waals surface area contributed by atoms with E-state index >= 15 is 0 Å². The van der Waals surface area contributed by atoms with Crippen LogP contribution in [-0.2, 0) is 11.2 Å². The number of hydrogen-bond donors (Lipinski definition) is 1. The summed E-state index contributed by atoms with van der Waals surface area (Å²) in [5.74, 6) is -0.417. The maximum atomic E-state index is 12.7. The Hall–Kier alpha value is -1.84. The van der Waals surface area contributed by atoms with E-state index in [2.05, 4.69) is 6.92 Å². The molecular formula is C18H25NO3. The average Bonchev–Trinajstić information content (AvgIpc) is 2.50. The maximum Gasteiger partial charge on any atom is 0.335 e. The normalized spacial score (nSPS) is 21.4. The molecule has 0 spiro atoms. The number of carbonyl (C=O) groups is 2. The summed E-state index contributed by atoms with van der Waals surface area (Å²) in [5, 5.41) is 9.24. The van der Waals surface area contributed by atoms with Crippen LogP contribution in [0.15, 0.2) is 24.3 Å². The van der Waals surface area contributed by atoms with Crippen LogP contribution in [0.3, 0.4) is 0 Å². The van der Waals surface area contributed by atoms with Gasteiger partial charge >= 0.3 is 5.97 Å². The summed E-state index contributed by atoms with van der Waals surface area (Å²) in [6.45, 7) is 4.90. The lowest BCUT2D eigenvalue weighted by atomic mass is 9.84. The van der Waals surface area contributed by atoms with E-state index in [1.165, 1.54) is 19.3 Å². The largest absolute Gasteiger partial charge is 0.478 e. The zero-order valence-corrected chi connectivity index (χ0v) is 13.4. The molecule has 0 aliphatic heterocycles. The third kappa shape index (κ3) is 3.67. The van der Waals surface area contributed by atoms with Crippen molar-refractivity contribution in [2.75, 3.05) is 6.54 Å². The first-order valence-corrected chi connectivity index (χ1v) is 8.15. The fourth-order valence-corrected chi connectivity index (χ4v) is 3.50. The lowest BCUT2D eigenvalue weighted by Crippen LogP contribution is -2.45. The average molecular weight is 303 g/mol. The molecule has 1 N–H and O–H groups in total. The first-order valence-electron chi connectivity index (χ1n) is 8.15. The van der Waals surface area contributed by atoms with Gasteiger partial charge in [-0.25, -0.2) is 4.79 Å². The van der Waals surface area contributed by atoms with E-state index in [0.717, 1.165) is 6.42 Å². The Kier molecular flexibility index (Phi) is 5.58. The van der Waals surface area contributed by atoms with E-state index in [0.29, 0.717) is 24.1 Å². The Morgan fingerprint density at radius 3 is 2.55 bits per heavy atom. The summed E-state index contributed by atoms with van der Waals surface area (Å²) in [7, 11) is 0.